The number of benzene rings is 2. The maximum atomic E-state index is 13.3. The molecule has 1 saturated heterocycles. The minimum atomic E-state index is -3.72. The van der Waals surface area contributed by atoms with Crippen LogP contribution in [0.2, 0.25) is 0 Å². The molecule has 12 heteroatoms. The first-order valence-corrected chi connectivity index (χ1v) is 13.2. The van der Waals surface area contributed by atoms with Crippen molar-refractivity contribution in [3.8, 4) is 5.75 Å². The Balaban J connectivity index is 1.45. The van der Waals surface area contributed by atoms with Crippen LogP contribution in [0.3, 0.4) is 0 Å². The van der Waals surface area contributed by atoms with Gasteiger partial charge in [-0.15, -0.1) is 0 Å². The lowest BCUT2D eigenvalue weighted by Gasteiger charge is -2.35. The van der Waals surface area contributed by atoms with E-state index in [0.29, 0.717) is 31.9 Å². The first kappa shape index (κ1) is 26.5. The monoisotopic (exact) mass is 530 g/mol. The lowest BCUT2D eigenvalue weighted by molar-refractivity contribution is -0.136. The lowest BCUT2D eigenvalue weighted by atomic mass is 10.2. The average molecular weight is 531 g/mol. The summed E-state index contributed by atoms with van der Waals surface area (Å²) in [5.41, 5.74) is 1.56. The summed E-state index contributed by atoms with van der Waals surface area (Å²) in [5.74, 6) is -0.352. The molecule has 2 aliphatic rings. The predicted octanol–water partition coefficient (Wildman–Crippen LogP) is 0.880. The molecule has 0 unspecified atom stereocenters. The van der Waals surface area contributed by atoms with Crippen LogP contribution in [-0.2, 0) is 24.3 Å². The number of aliphatic hydroxyl groups is 1. The van der Waals surface area contributed by atoms with Gasteiger partial charge in [-0.05, 0) is 36.4 Å². The number of nitrogens with one attached hydrogen (secondary N) is 1. The molecular formula is C25H30N4O7S. The van der Waals surface area contributed by atoms with Crippen molar-refractivity contribution >= 4 is 33.3 Å². The van der Waals surface area contributed by atoms with Crippen molar-refractivity contribution in [3.63, 3.8) is 0 Å². The maximum absolute atomic E-state index is 13.3. The molecule has 4 rings (SSSR count). The number of β-amino-alcohol motifs (C(OH)–C–C–N with tert-alkyl or cyclic N) is 1. The summed E-state index contributed by atoms with van der Waals surface area (Å²) in [6.07, 6.45) is 0. The molecule has 0 atom stereocenters. The highest BCUT2D eigenvalue weighted by atomic mass is 32.2. The standard InChI is InChI=1S/C25H30N4O7S/c1-35-22-6-4-3-5-21(22)27-11-13-29(14-12-27)37(33,34)19-9-7-18(8-10-19)26-23-20(25(32)36-2)17-28(15-16-30)24(23)31/h3-10,26,30H,11-17H2,1-2H3. The third-order valence-corrected chi connectivity index (χ3v) is 8.29. The van der Waals surface area contributed by atoms with Crippen LogP contribution >= 0.6 is 0 Å². The first-order chi connectivity index (χ1) is 17.8. The third-order valence-electron chi connectivity index (χ3n) is 6.38. The predicted molar refractivity (Wildman–Crippen MR) is 137 cm³/mol. The highest BCUT2D eigenvalue weighted by Crippen LogP contribution is 2.30. The second-order valence-corrected chi connectivity index (χ2v) is 10.4. The highest BCUT2D eigenvalue weighted by molar-refractivity contribution is 7.89. The van der Waals surface area contributed by atoms with Crippen LogP contribution in [0.15, 0.2) is 64.7 Å². The minimum Gasteiger partial charge on any atom is -0.495 e. The summed E-state index contributed by atoms with van der Waals surface area (Å²) in [6.45, 7) is 1.54. The van der Waals surface area contributed by atoms with Crippen LogP contribution in [-0.4, -0.2) is 94.7 Å². The largest absolute Gasteiger partial charge is 0.495 e. The molecule has 0 radical (unpaired) electrons. The molecule has 0 aliphatic carbocycles. The van der Waals surface area contributed by atoms with Gasteiger partial charge >= 0.3 is 5.97 Å². The Hall–Kier alpha value is -3.61. The molecule has 2 aromatic carbocycles. The fraction of sp³-hybridized carbons (Fsp3) is 0.360. The number of carbonyl (C=O) groups excluding carboxylic acids is 2. The summed E-state index contributed by atoms with van der Waals surface area (Å²) in [6, 6.07) is 13.7. The van der Waals surface area contributed by atoms with Gasteiger partial charge in [-0.2, -0.15) is 4.31 Å². The van der Waals surface area contributed by atoms with Gasteiger partial charge < -0.3 is 29.7 Å². The number of piperazine rings is 1. The van der Waals surface area contributed by atoms with Gasteiger partial charge in [0.05, 0.1) is 43.5 Å². The fourth-order valence-corrected chi connectivity index (χ4v) is 5.84. The van der Waals surface area contributed by atoms with Crippen molar-refractivity contribution in [1.82, 2.24) is 9.21 Å². The summed E-state index contributed by atoms with van der Waals surface area (Å²) >= 11 is 0. The Bertz CT molecular complexity index is 1290. The zero-order valence-corrected chi connectivity index (χ0v) is 21.5. The number of amides is 1. The van der Waals surface area contributed by atoms with E-state index in [2.05, 4.69) is 10.2 Å². The Labute approximate surface area is 215 Å². The fourth-order valence-electron chi connectivity index (χ4n) is 4.41. The summed E-state index contributed by atoms with van der Waals surface area (Å²) in [7, 11) is -0.890. The average Bonchev–Trinajstić information content (AvgIpc) is 3.23. The molecule has 11 nitrogen and oxygen atoms in total. The van der Waals surface area contributed by atoms with Crippen LogP contribution in [0.5, 0.6) is 5.75 Å². The zero-order chi connectivity index (χ0) is 26.6. The van der Waals surface area contributed by atoms with Crippen LogP contribution < -0.4 is 15.0 Å². The van der Waals surface area contributed by atoms with Gasteiger partial charge in [0.25, 0.3) is 5.91 Å². The number of hydrogen-bond acceptors (Lipinski definition) is 9. The number of anilines is 2. The number of ether oxygens (including phenoxy) is 2. The number of rotatable bonds is 9. The number of nitrogens with zero attached hydrogens (tertiary/aromatic N) is 3. The normalized spacial score (nSPS) is 16.8. The summed E-state index contributed by atoms with van der Waals surface area (Å²) < 4.78 is 38.2. The van der Waals surface area contributed by atoms with E-state index in [1.165, 1.54) is 28.4 Å². The molecule has 198 valence electrons. The molecular weight excluding hydrogens is 500 g/mol. The second-order valence-electron chi connectivity index (χ2n) is 8.51. The lowest BCUT2D eigenvalue weighted by Crippen LogP contribution is -2.48. The van der Waals surface area contributed by atoms with Gasteiger partial charge in [-0.25, -0.2) is 13.2 Å². The molecule has 2 N–H and O–H groups in total. The first-order valence-electron chi connectivity index (χ1n) is 11.8. The van der Waals surface area contributed by atoms with Crippen molar-refractivity contribution < 1.29 is 32.6 Å². The molecule has 2 aromatic rings. The third kappa shape index (κ3) is 5.41. The summed E-state index contributed by atoms with van der Waals surface area (Å²) in [4.78, 5) is 28.4. The molecule has 2 heterocycles. The van der Waals surface area contributed by atoms with E-state index >= 15 is 0 Å². The van der Waals surface area contributed by atoms with E-state index in [-0.39, 0.29) is 35.9 Å². The van der Waals surface area contributed by atoms with Gasteiger partial charge in [0.2, 0.25) is 10.0 Å². The van der Waals surface area contributed by atoms with E-state index in [9.17, 15) is 23.1 Å². The second kappa shape index (κ2) is 11.2. The number of carbonyl (C=O) groups is 2. The van der Waals surface area contributed by atoms with Crippen LogP contribution in [0.4, 0.5) is 11.4 Å². The Kier molecular flexibility index (Phi) is 8.00. The number of esters is 1. The summed E-state index contributed by atoms with van der Waals surface area (Å²) in [5, 5.41) is 12.1. The molecule has 1 amide bonds. The molecule has 0 aromatic heterocycles. The minimum absolute atomic E-state index is 0.0156. The van der Waals surface area contributed by atoms with Gasteiger partial charge in [-0.3, -0.25) is 4.79 Å². The Morgan fingerprint density at radius 1 is 1.03 bits per heavy atom. The van der Waals surface area contributed by atoms with E-state index < -0.39 is 21.9 Å². The van der Waals surface area contributed by atoms with E-state index in [1.807, 2.05) is 24.3 Å². The van der Waals surface area contributed by atoms with Crippen molar-refractivity contribution in [3.05, 3.63) is 59.8 Å². The van der Waals surface area contributed by atoms with Crippen molar-refractivity contribution in [2.75, 3.05) is 70.3 Å². The molecule has 1 fully saturated rings. The molecule has 2 aliphatic heterocycles. The van der Waals surface area contributed by atoms with Gasteiger partial charge in [0.1, 0.15) is 11.4 Å². The van der Waals surface area contributed by atoms with E-state index in [4.69, 9.17) is 9.47 Å². The Morgan fingerprint density at radius 3 is 2.32 bits per heavy atom. The van der Waals surface area contributed by atoms with Gasteiger partial charge in [0, 0.05) is 38.4 Å². The van der Waals surface area contributed by atoms with E-state index in [0.717, 1.165) is 11.4 Å². The van der Waals surface area contributed by atoms with Crippen molar-refractivity contribution in [1.29, 1.82) is 0 Å². The number of para-hydroxylation sites is 2. The number of aliphatic hydroxyl groups excluding tert-OH is 1. The van der Waals surface area contributed by atoms with Crippen molar-refractivity contribution in [2.24, 2.45) is 0 Å². The van der Waals surface area contributed by atoms with Crippen LogP contribution in [0, 0.1) is 0 Å². The quantitative estimate of drug-likeness (QED) is 0.454. The van der Waals surface area contributed by atoms with Gasteiger partial charge in [-0.1, -0.05) is 12.1 Å². The number of methoxy groups -OCH3 is 2. The molecule has 37 heavy (non-hydrogen) atoms. The molecule has 0 spiro atoms. The highest BCUT2D eigenvalue weighted by Gasteiger charge is 2.35. The zero-order valence-electron chi connectivity index (χ0n) is 20.7. The van der Waals surface area contributed by atoms with Crippen LogP contribution in [0.25, 0.3) is 0 Å². The Morgan fingerprint density at radius 2 is 1.70 bits per heavy atom. The number of hydrogen-bond donors (Lipinski definition) is 2. The van der Waals surface area contributed by atoms with Gasteiger partial charge in [0.15, 0.2) is 0 Å². The maximum Gasteiger partial charge on any atom is 0.337 e. The van der Waals surface area contributed by atoms with Crippen molar-refractivity contribution in [2.45, 2.75) is 4.90 Å². The molecule has 0 saturated carbocycles. The topological polar surface area (TPSA) is 129 Å². The SMILES string of the molecule is COC(=O)C1=C(Nc2ccc(S(=O)(=O)N3CCN(c4ccccc4OC)CC3)cc2)C(=O)N(CCO)C1. The molecule has 0 bridgehead atoms. The van der Waals surface area contributed by atoms with E-state index in [1.54, 1.807) is 19.2 Å². The van der Waals surface area contributed by atoms with Crippen LogP contribution in [0.1, 0.15) is 0 Å². The smallest absolute Gasteiger partial charge is 0.337 e. The number of sulfonamides is 1.